The number of β-lactam (4-membered cyclic amide) rings is 1. The van der Waals surface area contributed by atoms with Gasteiger partial charge in [-0.3, -0.25) is 4.79 Å². The summed E-state index contributed by atoms with van der Waals surface area (Å²) in [6.45, 7) is 3.98. The van der Waals surface area contributed by atoms with Crippen LogP contribution in [0, 0.1) is 11.8 Å². The van der Waals surface area contributed by atoms with E-state index in [9.17, 15) is 24.6 Å². The lowest BCUT2D eigenvalue weighted by Gasteiger charge is -2.47. The molecule has 182 valence electrons. The summed E-state index contributed by atoms with van der Waals surface area (Å²) in [5.74, 6) is -3.63. The maximum absolute atomic E-state index is 12.6. The quantitative estimate of drug-likeness (QED) is 0.275. The molecule has 5 rings (SSSR count). The number of thiazole rings is 1. The molecule has 2 aliphatic heterocycles. The first-order chi connectivity index (χ1) is 16.6. The smallest absolute Gasteiger partial charge is 0.335 e. The molecular weight excluding hydrogens is 490 g/mol. The molecule has 11 heteroatoms. The molecule has 0 unspecified atom stereocenters. The van der Waals surface area contributed by atoms with Crippen LogP contribution in [0.4, 0.5) is 0 Å². The number of hydrogen-bond acceptors (Lipinski definition) is 7. The van der Waals surface area contributed by atoms with E-state index in [2.05, 4.69) is 4.57 Å². The molecular formula is C24H23N3O6S2. The van der Waals surface area contributed by atoms with Crippen molar-refractivity contribution in [1.82, 2.24) is 9.47 Å². The summed E-state index contributed by atoms with van der Waals surface area (Å²) in [6, 6.07) is 6.33. The van der Waals surface area contributed by atoms with E-state index in [1.54, 1.807) is 43.0 Å². The summed E-state index contributed by atoms with van der Waals surface area (Å²) in [7, 11) is 0. The summed E-state index contributed by atoms with van der Waals surface area (Å²) < 4.78 is 4.00. The molecule has 1 amide bonds. The number of imidazole rings is 1. The van der Waals surface area contributed by atoms with Gasteiger partial charge in [0.1, 0.15) is 12.7 Å². The van der Waals surface area contributed by atoms with E-state index < -0.39 is 30.0 Å². The Hall–Kier alpha value is -3.15. The van der Waals surface area contributed by atoms with E-state index in [1.165, 1.54) is 16.2 Å². The largest absolute Gasteiger partial charge is 0.543 e. The van der Waals surface area contributed by atoms with Crippen LogP contribution in [0.2, 0.25) is 0 Å². The number of rotatable bonds is 7. The summed E-state index contributed by atoms with van der Waals surface area (Å²) in [4.78, 5) is 38.7. The minimum Gasteiger partial charge on any atom is -0.543 e. The average Bonchev–Trinajstić information content (AvgIpc) is 3.41. The van der Waals surface area contributed by atoms with Gasteiger partial charge in [0.25, 0.3) is 6.33 Å². The van der Waals surface area contributed by atoms with Crippen molar-refractivity contribution < 1.29 is 34.1 Å². The first kappa shape index (κ1) is 23.6. The number of carbonyl (C=O) groups excluding carboxylic acids is 2. The van der Waals surface area contributed by atoms with Crippen molar-refractivity contribution in [3.8, 4) is 0 Å². The standard InChI is InChI=1S/C24H23N3O6S2/c1-11-16(19(24(32)33)27-18(11)17(12(2)28)20(27)29)15-9-26-10-25(21(34-3)22(26)35-15)8-13-4-6-14(7-5-13)23(30)31/h4-7,9-12,17-18,28H,8H2,1-3H3,(H-,30,31,32,33)/t11-,12+,17+,18+/m0/s1. The van der Waals surface area contributed by atoms with Gasteiger partial charge in [-0.25, -0.2) is 9.36 Å². The number of hydrogen-bond donors (Lipinski definition) is 2. The van der Waals surface area contributed by atoms with E-state index in [-0.39, 0.29) is 23.1 Å². The summed E-state index contributed by atoms with van der Waals surface area (Å²) >= 11 is 3.00. The van der Waals surface area contributed by atoms with Crippen LogP contribution in [-0.4, -0.2) is 55.9 Å². The highest BCUT2D eigenvalue weighted by Gasteiger charge is 2.59. The molecule has 4 heterocycles. The highest BCUT2D eigenvalue weighted by Crippen LogP contribution is 2.51. The number of benzene rings is 1. The zero-order chi connectivity index (χ0) is 25.2. The number of aliphatic carboxylic acids is 1. The Kier molecular flexibility index (Phi) is 5.73. The molecule has 2 aromatic heterocycles. The summed E-state index contributed by atoms with van der Waals surface area (Å²) in [5, 5.41) is 32.2. The zero-order valence-electron chi connectivity index (χ0n) is 19.2. The predicted molar refractivity (Wildman–Crippen MR) is 127 cm³/mol. The van der Waals surface area contributed by atoms with Crippen LogP contribution < -0.4 is 9.51 Å². The normalized spacial score (nSPS) is 22.5. The van der Waals surface area contributed by atoms with Crippen molar-refractivity contribution in [3.63, 3.8) is 0 Å². The minimum atomic E-state index is -1.39. The van der Waals surface area contributed by atoms with Crippen LogP contribution in [0.3, 0.4) is 0 Å². The maximum atomic E-state index is 12.6. The van der Waals surface area contributed by atoms with Crippen LogP contribution >= 0.6 is 23.1 Å². The van der Waals surface area contributed by atoms with Crippen molar-refractivity contribution in [2.75, 3.05) is 6.26 Å². The van der Waals surface area contributed by atoms with Crippen molar-refractivity contribution in [2.45, 2.75) is 37.6 Å². The van der Waals surface area contributed by atoms with Crippen LogP contribution in [0.25, 0.3) is 10.4 Å². The number of fused-ring (bicyclic) bond motifs is 2. The zero-order valence-corrected chi connectivity index (χ0v) is 20.8. The number of carboxylic acid groups (broad SMARTS) is 2. The third-order valence-electron chi connectivity index (χ3n) is 6.78. The molecule has 3 aromatic rings. The lowest BCUT2D eigenvalue weighted by atomic mass is 9.77. The molecule has 1 fully saturated rings. The Labute approximate surface area is 208 Å². The van der Waals surface area contributed by atoms with Gasteiger partial charge < -0.3 is 25.0 Å². The highest BCUT2D eigenvalue weighted by atomic mass is 32.2. The summed E-state index contributed by atoms with van der Waals surface area (Å²) in [6.07, 6.45) is 4.88. The molecule has 0 spiro atoms. The lowest BCUT2D eigenvalue weighted by molar-refractivity contribution is -0.508. The SMILES string of the molecule is CSc1c2sc(C3=C(C(=O)[O-])N4C(=O)[C@H]([C@@H](C)O)[C@H]4[C@H]3C)c[n+]2cn1Cc1ccc(C(=O)O)cc1. The Balaban J connectivity index is 1.52. The van der Waals surface area contributed by atoms with Gasteiger partial charge >= 0.3 is 5.97 Å². The van der Waals surface area contributed by atoms with E-state index in [0.29, 0.717) is 12.1 Å². The van der Waals surface area contributed by atoms with Crippen LogP contribution in [-0.2, 0) is 16.1 Å². The van der Waals surface area contributed by atoms with Gasteiger partial charge in [0.2, 0.25) is 15.8 Å². The number of amides is 1. The second kappa shape index (κ2) is 8.51. The van der Waals surface area contributed by atoms with Crippen molar-refractivity contribution in [3.05, 3.63) is 58.5 Å². The fourth-order valence-corrected chi connectivity index (χ4v) is 7.39. The molecule has 4 atom stereocenters. The van der Waals surface area contributed by atoms with Crippen molar-refractivity contribution in [1.29, 1.82) is 0 Å². The van der Waals surface area contributed by atoms with Gasteiger partial charge in [0, 0.05) is 11.5 Å². The predicted octanol–water partition coefficient (Wildman–Crippen LogP) is 1.08. The van der Waals surface area contributed by atoms with Gasteiger partial charge in [0.15, 0.2) is 0 Å². The number of thioether (sulfide) groups is 1. The second-order valence-corrected chi connectivity index (χ2v) is 10.7. The van der Waals surface area contributed by atoms with Gasteiger partial charge in [-0.15, -0.1) is 0 Å². The fourth-order valence-electron chi connectivity index (χ4n) is 5.21. The third-order valence-corrected chi connectivity index (χ3v) is 8.87. The number of aromatic carboxylic acids is 1. The number of nitrogens with zero attached hydrogens (tertiary/aromatic N) is 3. The minimum absolute atomic E-state index is 0.106. The number of aromatic nitrogens is 2. The highest BCUT2D eigenvalue weighted by molar-refractivity contribution is 7.98. The fraction of sp³-hybridized carbons (Fsp3) is 0.333. The molecule has 1 saturated heterocycles. The first-order valence-electron chi connectivity index (χ1n) is 11.0. The molecule has 1 aromatic carbocycles. The monoisotopic (exact) mass is 513 g/mol. The molecule has 0 saturated carbocycles. The van der Waals surface area contributed by atoms with E-state index >= 15 is 0 Å². The van der Waals surface area contributed by atoms with Crippen molar-refractivity contribution in [2.24, 2.45) is 11.8 Å². The van der Waals surface area contributed by atoms with E-state index in [1.807, 2.05) is 30.1 Å². The number of aliphatic hydroxyl groups excluding tert-OH is 1. The van der Waals surface area contributed by atoms with Crippen molar-refractivity contribution >= 4 is 51.3 Å². The van der Waals surface area contributed by atoms with Crippen LogP contribution in [0.5, 0.6) is 0 Å². The van der Waals surface area contributed by atoms with Gasteiger partial charge in [-0.2, -0.15) is 4.40 Å². The molecule has 0 bridgehead atoms. The van der Waals surface area contributed by atoms with Gasteiger partial charge in [-0.1, -0.05) is 42.2 Å². The average molecular weight is 514 g/mol. The Morgan fingerprint density at radius 2 is 1.97 bits per heavy atom. The van der Waals surface area contributed by atoms with Crippen LogP contribution in [0.1, 0.15) is 34.6 Å². The van der Waals surface area contributed by atoms with Gasteiger partial charge in [-0.05, 0) is 30.9 Å². The number of aliphatic hydroxyl groups is 1. The Morgan fingerprint density at radius 3 is 2.54 bits per heavy atom. The van der Waals surface area contributed by atoms with E-state index in [0.717, 1.165) is 20.3 Å². The number of carbonyl (C=O) groups is 3. The number of carboxylic acids is 2. The van der Waals surface area contributed by atoms with Crippen LogP contribution in [0.15, 0.2) is 47.5 Å². The molecule has 9 nitrogen and oxygen atoms in total. The lowest BCUT2D eigenvalue weighted by Crippen LogP contribution is -2.64. The molecule has 0 radical (unpaired) electrons. The van der Waals surface area contributed by atoms with E-state index in [4.69, 9.17) is 5.11 Å². The third kappa shape index (κ3) is 3.57. The second-order valence-electron chi connectivity index (χ2n) is 8.87. The first-order valence-corrected chi connectivity index (χ1v) is 13.0. The molecule has 2 N–H and O–H groups in total. The van der Waals surface area contributed by atoms with Gasteiger partial charge in [0.05, 0.1) is 40.2 Å². The topological polar surface area (TPSA) is 127 Å². The Bertz CT molecular complexity index is 1400. The maximum Gasteiger partial charge on any atom is 0.335 e. The molecule has 0 aliphatic carbocycles. The Morgan fingerprint density at radius 1 is 1.29 bits per heavy atom. The molecule has 2 aliphatic rings. The molecule has 35 heavy (non-hydrogen) atoms. The summed E-state index contributed by atoms with van der Waals surface area (Å²) in [5.41, 5.74) is 1.64.